The third-order valence-corrected chi connectivity index (χ3v) is 5.46. The maximum atomic E-state index is 13.0. The van der Waals surface area contributed by atoms with Crippen molar-refractivity contribution in [2.24, 2.45) is 0 Å². The van der Waals surface area contributed by atoms with Gasteiger partial charge in [0.15, 0.2) is 0 Å². The highest BCUT2D eigenvalue weighted by Crippen LogP contribution is 2.30. The Labute approximate surface area is 161 Å². The molecule has 9 nitrogen and oxygen atoms in total. The van der Waals surface area contributed by atoms with Gasteiger partial charge in [0.05, 0.1) is 17.2 Å². The maximum Gasteiger partial charge on any atom is 0.262 e. The Bertz CT molecular complexity index is 855. The number of aliphatic hydroxyl groups is 1. The predicted octanol–water partition coefficient (Wildman–Crippen LogP) is -1.10. The molecule has 2 fully saturated rings. The van der Waals surface area contributed by atoms with E-state index in [-0.39, 0.29) is 24.4 Å². The van der Waals surface area contributed by atoms with Crippen molar-refractivity contribution in [1.82, 2.24) is 20.9 Å². The molecule has 1 aromatic rings. The number of carbonyl (C=O) groups excluding carboxylic acids is 4. The van der Waals surface area contributed by atoms with Gasteiger partial charge in [0, 0.05) is 32.1 Å². The molecule has 0 saturated carbocycles. The maximum absolute atomic E-state index is 13.0. The summed E-state index contributed by atoms with van der Waals surface area (Å²) in [6.45, 7) is 1.64. The summed E-state index contributed by atoms with van der Waals surface area (Å²) in [7, 11) is 0. The lowest BCUT2D eigenvalue weighted by atomic mass is 10.0. The molecular weight excluding hydrogens is 364 g/mol. The van der Waals surface area contributed by atoms with Gasteiger partial charge in [-0.25, -0.2) is 0 Å². The molecule has 28 heavy (non-hydrogen) atoms. The molecule has 3 aliphatic heterocycles. The first kappa shape index (κ1) is 18.7. The highest BCUT2D eigenvalue weighted by Gasteiger charge is 2.45. The minimum atomic E-state index is -0.969. The van der Waals surface area contributed by atoms with Crippen LogP contribution in [-0.2, 0) is 16.1 Å². The van der Waals surface area contributed by atoms with Crippen LogP contribution in [0.15, 0.2) is 18.2 Å². The van der Waals surface area contributed by atoms with E-state index in [9.17, 15) is 24.3 Å². The van der Waals surface area contributed by atoms with E-state index in [0.717, 1.165) is 4.90 Å². The van der Waals surface area contributed by atoms with Crippen molar-refractivity contribution in [3.8, 4) is 0 Å². The molecule has 2 saturated heterocycles. The largest absolute Gasteiger partial charge is 0.392 e. The summed E-state index contributed by atoms with van der Waals surface area (Å²) in [6, 6.07) is 4.15. The van der Waals surface area contributed by atoms with Crippen LogP contribution in [0.4, 0.5) is 0 Å². The number of hydrogen-bond acceptors (Lipinski definition) is 7. The van der Waals surface area contributed by atoms with Crippen LogP contribution >= 0.6 is 0 Å². The molecule has 0 bridgehead atoms. The second-order valence-corrected chi connectivity index (χ2v) is 7.41. The number of amides is 4. The van der Waals surface area contributed by atoms with E-state index in [4.69, 9.17) is 0 Å². The van der Waals surface area contributed by atoms with Gasteiger partial charge in [-0.2, -0.15) is 0 Å². The molecule has 1 aromatic carbocycles. The van der Waals surface area contributed by atoms with E-state index in [0.29, 0.717) is 37.2 Å². The van der Waals surface area contributed by atoms with Crippen LogP contribution in [0.2, 0.25) is 0 Å². The standard InChI is InChI=1S/C19H22N4O5/c24-12-6-11(8-20-9-12)21-7-10-2-1-3-13-16(10)19(28)23(18(13)27)14-4-5-15(25)22-17(14)26/h1-3,11-12,14,20-21,24H,4-9H2,(H,22,25,26)/t11-,12-,14?/m0/s1. The van der Waals surface area contributed by atoms with Crippen LogP contribution in [0, 0.1) is 0 Å². The number of benzene rings is 1. The zero-order valence-corrected chi connectivity index (χ0v) is 15.2. The minimum absolute atomic E-state index is 0.0538. The van der Waals surface area contributed by atoms with Crippen molar-refractivity contribution >= 4 is 23.6 Å². The van der Waals surface area contributed by atoms with E-state index in [1.807, 2.05) is 0 Å². The Morgan fingerprint density at radius 2 is 1.96 bits per heavy atom. The molecule has 4 amide bonds. The number of hydrogen-bond donors (Lipinski definition) is 4. The van der Waals surface area contributed by atoms with E-state index in [2.05, 4.69) is 16.0 Å². The number of piperidine rings is 2. The van der Waals surface area contributed by atoms with E-state index in [1.54, 1.807) is 18.2 Å². The monoisotopic (exact) mass is 386 g/mol. The first-order valence-corrected chi connectivity index (χ1v) is 9.41. The first-order chi connectivity index (χ1) is 13.5. The molecule has 3 heterocycles. The van der Waals surface area contributed by atoms with Gasteiger partial charge in [0.25, 0.3) is 11.8 Å². The second-order valence-electron chi connectivity index (χ2n) is 7.41. The highest BCUT2D eigenvalue weighted by molar-refractivity contribution is 6.24. The number of carbonyl (C=O) groups is 4. The number of imide groups is 2. The van der Waals surface area contributed by atoms with E-state index < -0.39 is 35.8 Å². The smallest absolute Gasteiger partial charge is 0.262 e. The van der Waals surface area contributed by atoms with Crippen LogP contribution in [0.5, 0.6) is 0 Å². The molecule has 3 atom stereocenters. The summed E-state index contributed by atoms with van der Waals surface area (Å²) in [5, 5.41) is 18.4. The van der Waals surface area contributed by atoms with Gasteiger partial charge in [-0.15, -0.1) is 0 Å². The van der Waals surface area contributed by atoms with Crippen LogP contribution < -0.4 is 16.0 Å². The Morgan fingerprint density at radius 3 is 2.71 bits per heavy atom. The summed E-state index contributed by atoms with van der Waals surface area (Å²) in [5.74, 6) is -2.03. The second kappa shape index (κ2) is 7.42. The lowest BCUT2D eigenvalue weighted by Crippen LogP contribution is -2.54. The van der Waals surface area contributed by atoms with Crippen molar-refractivity contribution in [2.75, 3.05) is 13.1 Å². The molecule has 0 aromatic heterocycles. The molecule has 4 N–H and O–H groups in total. The third kappa shape index (κ3) is 3.32. The van der Waals surface area contributed by atoms with Crippen molar-refractivity contribution in [3.63, 3.8) is 0 Å². The molecule has 0 aliphatic carbocycles. The molecule has 3 aliphatic rings. The fourth-order valence-electron chi connectivity index (χ4n) is 4.06. The Kier molecular flexibility index (Phi) is 4.96. The van der Waals surface area contributed by atoms with Gasteiger partial charge in [-0.05, 0) is 24.5 Å². The molecule has 9 heteroatoms. The number of aliphatic hydroxyl groups excluding tert-OH is 1. The van der Waals surface area contributed by atoms with Gasteiger partial charge in [0.1, 0.15) is 6.04 Å². The van der Waals surface area contributed by atoms with E-state index in [1.165, 1.54) is 0 Å². The molecule has 1 unspecified atom stereocenters. The van der Waals surface area contributed by atoms with E-state index >= 15 is 0 Å². The summed E-state index contributed by atoms with van der Waals surface area (Å²) in [5.41, 5.74) is 1.25. The average molecular weight is 386 g/mol. The fraction of sp³-hybridized carbons (Fsp3) is 0.474. The van der Waals surface area contributed by atoms with Gasteiger partial charge in [-0.1, -0.05) is 12.1 Å². The average Bonchev–Trinajstić information content (AvgIpc) is 2.92. The summed E-state index contributed by atoms with van der Waals surface area (Å²) >= 11 is 0. The summed E-state index contributed by atoms with van der Waals surface area (Å²) < 4.78 is 0. The van der Waals surface area contributed by atoms with Gasteiger partial charge in [-0.3, -0.25) is 29.4 Å². The van der Waals surface area contributed by atoms with Crippen LogP contribution in [0.3, 0.4) is 0 Å². The SMILES string of the molecule is O=C1CCC(N2C(=O)c3cccc(CN[C@@H]4CNC[C@@H](O)C4)c3C2=O)C(=O)N1. The minimum Gasteiger partial charge on any atom is -0.392 e. The van der Waals surface area contributed by atoms with Crippen molar-refractivity contribution in [1.29, 1.82) is 0 Å². The third-order valence-electron chi connectivity index (χ3n) is 5.46. The number of fused-ring (bicyclic) bond motifs is 1. The summed E-state index contributed by atoms with van der Waals surface area (Å²) in [4.78, 5) is 50.3. The Balaban J connectivity index is 1.54. The quantitative estimate of drug-likeness (QED) is 0.484. The lowest BCUT2D eigenvalue weighted by molar-refractivity contribution is -0.136. The van der Waals surface area contributed by atoms with Crippen molar-refractivity contribution < 1.29 is 24.3 Å². The Morgan fingerprint density at radius 1 is 1.14 bits per heavy atom. The number of nitrogens with one attached hydrogen (secondary N) is 3. The molecule has 0 radical (unpaired) electrons. The number of nitrogens with zero attached hydrogens (tertiary/aromatic N) is 1. The fourth-order valence-corrected chi connectivity index (χ4v) is 4.06. The summed E-state index contributed by atoms with van der Waals surface area (Å²) in [6.07, 6.45) is 0.418. The van der Waals surface area contributed by atoms with Gasteiger partial charge < -0.3 is 15.7 Å². The molecule has 0 spiro atoms. The Hall–Kier alpha value is -2.62. The normalized spacial score (nSPS) is 27.8. The molecule has 4 rings (SSSR count). The van der Waals surface area contributed by atoms with Crippen LogP contribution in [-0.4, -0.2) is 64.9 Å². The van der Waals surface area contributed by atoms with Crippen LogP contribution in [0.1, 0.15) is 45.5 Å². The zero-order valence-electron chi connectivity index (χ0n) is 15.2. The highest BCUT2D eigenvalue weighted by atomic mass is 16.3. The van der Waals surface area contributed by atoms with Gasteiger partial charge >= 0.3 is 0 Å². The van der Waals surface area contributed by atoms with Crippen molar-refractivity contribution in [2.45, 2.75) is 44.0 Å². The van der Waals surface area contributed by atoms with Crippen LogP contribution in [0.25, 0.3) is 0 Å². The van der Waals surface area contributed by atoms with Crippen molar-refractivity contribution in [3.05, 3.63) is 34.9 Å². The zero-order chi connectivity index (χ0) is 19.8. The number of rotatable bonds is 4. The lowest BCUT2D eigenvalue weighted by Gasteiger charge is -2.28. The predicted molar refractivity (Wildman–Crippen MR) is 97.2 cm³/mol. The van der Waals surface area contributed by atoms with Gasteiger partial charge in [0.2, 0.25) is 11.8 Å². The first-order valence-electron chi connectivity index (χ1n) is 9.41. The molecule has 148 valence electrons. The number of β-amino-alcohol motifs (C(OH)–C–C–N with tert-alkyl or cyclic N) is 1. The topological polar surface area (TPSA) is 128 Å². The molecular formula is C19H22N4O5.